The normalized spacial score (nSPS) is 36.4. The van der Waals surface area contributed by atoms with Gasteiger partial charge in [-0.15, -0.1) is 0 Å². The van der Waals surface area contributed by atoms with Crippen LogP contribution in [0.1, 0.15) is 16.8 Å². The zero-order chi connectivity index (χ0) is 17.6. The zero-order valence-electron chi connectivity index (χ0n) is 14.0. The van der Waals surface area contributed by atoms with Gasteiger partial charge in [0.2, 0.25) is 11.8 Å². The van der Waals surface area contributed by atoms with Gasteiger partial charge in [-0.2, -0.15) is 0 Å². The van der Waals surface area contributed by atoms with Crippen LogP contribution in [0.15, 0.2) is 54.6 Å². The molecule has 0 unspecified atom stereocenters. The topological polar surface area (TPSA) is 54.5 Å². The molecule has 1 aliphatic heterocycles. The number of likely N-dealkylation sites (tertiary alicyclic amines) is 1. The molecule has 7 rings (SSSR count). The Bertz CT molecular complexity index is 1000. The van der Waals surface area contributed by atoms with Crippen molar-refractivity contribution in [2.45, 2.75) is 6.42 Å². The summed E-state index contributed by atoms with van der Waals surface area (Å²) in [7, 11) is 0. The van der Waals surface area contributed by atoms with Gasteiger partial charge in [0.1, 0.15) is 0 Å². The number of carbonyl (C=O) groups excluding carboxylic acids is 3. The van der Waals surface area contributed by atoms with E-state index in [2.05, 4.69) is 12.2 Å². The minimum atomic E-state index is -0.478. The van der Waals surface area contributed by atoms with Crippen LogP contribution in [0.4, 0.5) is 0 Å². The monoisotopic (exact) mass is 343 g/mol. The van der Waals surface area contributed by atoms with Crippen molar-refractivity contribution in [3.05, 3.63) is 60.2 Å². The number of fused-ring (bicyclic) bond motifs is 1. The summed E-state index contributed by atoms with van der Waals surface area (Å²) in [5.74, 6) is -0.352. The Morgan fingerprint density at radius 3 is 2.12 bits per heavy atom. The van der Waals surface area contributed by atoms with Crippen molar-refractivity contribution in [1.82, 2.24) is 4.90 Å². The van der Waals surface area contributed by atoms with E-state index in [4.69, 9.17) is 0 Å². The standard InChI is InChI=1S/C22H17NO3/c24-20(13-6-5-11-3-1-2-4-12(11)9-13)23-21(25)18-14-7-8-15(17-10-16(14)17)19(18)22(23)26/h1-9,14-19H,10H2/t14-,15-,16-,17+,18-,19+/m0/s1. The van der Waals surface area contributed by atoms with E-state index >= 15 is 0 Å². The van der Waals surface area contributed by atoms with E-state index in [9.17, 15) is 14.4 Å². The maximum absolute atomic E-state index is 13.0. The fraction of sp³-hybridized carbons (Fsp3) is 0.318. The maximum atomic E-state index is 13.0. The molecular weight excluding hydrogens is 326 g/mol. The molecule has 2 aromatic carbocycles. The first-order valence-electron chi connectivity index (χ1n) is 9.24. The van der Waals surface area contributed by atoms with Gasteiger partial charge in [-0.05, 0) is 53.0 Å². The van der Waals surface area contributed by atoms with Gasteiger partial charge < -0.3 is 0 Å². The van der Waals surface area contributed by atoms with E-state index in [1.807, 2.05) is 30.3 Å². The van der Waals surface area contributed by atoms with Crippen LogP contribution in [-0.2, 0) is 9.59 Å². The van der Waals surface area contributed by atoms with Gasteiger partial charge in [-0.1, -0.05) is 42.5 Å². The number of nitrogens with zero attached hydrogens (tertiary/aromatic N) is 1. The van der Waals surface area contributed by atoms with Crippen LogP contribution in [0.5, 0.6) is 0 Å². The number of rotatable bonds is 1. The van der Waals surface area contributed by atoms with Crippen LogP contribution in [0.2, 0.25) is 0 Å². The molecule has 2 saturated carbocycles. The fourth-order valence-corrected chi connectivity index (χ4v) is 5.61. The average molecular weight is 343 g/mol. The van der Waals surface area contributed by atoms with Gasteiger partial charge >= 0.3 is 0 Å². The highest BCUT2D eigenvalue weighted by atomic mass is 16.2. The lowest BCUT2D eigenvalue weighted by molar-refractivity contribution is -0.136. The van der Waals surface area contributed by atoms with Crippen LogP contribution in [0.25, 0.3) is 10.8 Å². The molecule has 6 atom stereocenters. The highest BCUT2D eigenvalue weighted by Crippen LogP contribution is 2.65. The van der Waals surface area contributed by atoms with Crippen LogP contribution in [0, 0.1) is 35.5 Å². The summed E-state index contributed by atoms with van der Waals surface area (Å²) in [6, 6.07) is 13.1. The molecule has 128 valence electrons. The summed E-state index contributed by atoms with van der Waals surface area (Å²) in [6.07, 6.45) is 5.36. The predicted molar refractivity (Wildman–Crippen MR) is 94.8 cm³/mol. The second-order valence-corrected chi connectivity index (χ2v) is 8.03. The third-order valence-corrected chi connectivity index (χ3v) is 6.86. The molecule has 2 aromatic rings. The molecule has 1 saturated heterocycles. The molecule has 4 aliphatic carbocycles. The Hall–Kier alpha value is -2.75. The maximum Gasteiger partial charge on any atom is 0.267 e. The highest BCUT2D eigenvalue weighted by Gasteiger charge is 2.67. The molecule has 0 N–H and O–H groups in total. The minimum Gasteiger partial charge on any atom is -0.274 e. The largest absolute Gasteiger partial charge is 0.274 e. The van der Waals surface area contributed by atoms with Gasteiger partial charge in [0, 0.05) is 5.56 Å². The van der Waals surface area contributed by atoms with Crippen LogP contribution in [-0.4, -0.2) is 22.6 Å². The molecule has 0 spiro atoms. The Kier molecular flexibility index (Phi) is 2.61. The molecule has 3 amide bonds. The lowest BCUT2D eigenvalue weighted by atomic mass is 9.63. The second kappa shape index (κ2) is 4.70. The first kappa shape index (κ1) is 14.4. The van der Waals surface area contributed by atoms with Gasteiger partial charge in [0.25, 0.3) is 5.91 Å². The van der Waals surface area contributed by atoms with E-state index in [1.54, 1.807) is 12.1 Å². The molecule has 3 fully saturated rings. The van der Waals surface area contributed by atoms with Gasteiger partial charge in [-0.25, -0.2) is 4.90 Å². The number of hydrogen-bond donors (Lipinski definition) is 0. The van der Waals surface area contributed by atoms with Crippen molar-refractivity contribution >= 4 is 28.5 Å². The summed E-state index contributed by atoms with van der Waals surface area (Å²) in [5, 5.41) is 1.96. The molecular formula is C22H17NO3. The predicted octanol–water partition coefficient (Wildman–Crippen LogP) is 3.03. The molecule has 2 bridgehead atoms. The summed E-state index contributed by atoms with van der Waals surface area (Å²) >= 11 is 0. The van der Waals surface area contributed by atoms with Crippen molar-refractivity contribution in [1.29, 1.82) is 0 Å². The number of imide groups is 3. The third-order valence-electron chi connectivity index (χ3n) is 6.86. The Morgan fingerprint density at radius 2 is 1.46 bits per heavy atom. The van der Waals surface area contributed by atoms with E-state index in [0.717, 1.165) is 22.1 Å². The third kappa shape index (κ3) is 1.67. The lowest BCUT2D eigenvalue weighted by Crippen LogP contribution is -2.40. The summed E-state index contributed by atoms with van der Waals surface area (Å²) in [4.78, 5) is 40.1. The zero-order valence-corrected chi connectivity index (χ0v) is 14.0. The first-order valence-corrected chi connectivity index (χ1v) is 9.24. The quantitative estimate of drug-likeness (QED) is 0.591. The Balaban J connectivity index is 1.39. The van der Waals surface area contributed by atoms with Gasteiger partial charge in [0.05, 0.1) is 11.8 Å². The van der Waals surface area contributed by atoms with E-state index in [-0.39, 0.29) is 35.5 Å². The summed E-state index contributed by atoms with van der Waals surface area (Å²) < 4.78 is 0. The molecule has 1 heterocycles. The van der Waals surface area contributed by atoms with Crippen molar-refractivity contribution in [3.63, 3.8) is 0 Å². The van der Waals surface area contributed by atoms with Crippen molar-refractivity contribution in [2.75, 3.05) is 0 Å². The average Bonchev–Trinajstić information content (AvgIpc) is 3.45. The highest BCUT2D eigenvalue weighted by molar-refractivity contribution is 6.22. The van der Waals surface area contributed by atoms with E-state index < -0.39 is 5.91 Å². The lowest BCUT2D eigenvalue weighted by Gasteiger charge is -2.37. The molecule has 4 heteroatoms. The van der Waals surface area contributed by atoms with Gasteiger partial charge in [0.15, 0.2) is 0 Å². The first-order chi connectivity index (χ1) is 12.6. The number of hydrogen-bond acceptors (Lipinski definition) is 3. The number of allylic oxidation sites excluding steroid dienone is 2. The van der Waals surface area contributed by atoms with Crippen molar-refractivity contribution in [2.24, 2.45) is 35.5 Å². The molecule has 4 nitrogen and oxygen atoms in total. The fourth-order valence-electron chi connectivity index (χ4n) is 5.61. The van der Waals surface area contributed by atoms with Crippen molar-refractivity contribution in [3.8, 4) is 0 Å². The number of benzene rings is 2. The molecule has 5 aliphatic rings. The molecule has 26 heavy (non-hydrogen) atoms. The SMILES string of the molecule is O=C(c1ccc2ccccc2c1)N1C(=O)[C@@H]2[C@H]3C=C[C@@H]([C@@H]4C[C@H]34)[C@@H]2C1=O. The molecule has 0 aromatic heterocycles. The molecule has 0 radical (unpaired) electrons. The van der Waals surface area contributed by atoms with Gasteiger partial charge in [-0.3, -0.25) is 14.4 Å². The van der Waals surface area contributed by atoms with Crippen LogP contribution in [0.3, 0.4) is 0 Å². The van der Waals surface area contributed by atoms with E-state index in [0.29, 0.717) is 17.4 Å². The smallest absolute Gasteiger partial charge is 0.267 e. The Morgan fingerprint density at radius 1 is 0.846 bits per heavy atom. The minimum absolute atomic E-state index is 0.140. The second-order valence-electron chi connectivity index (χ2n) is 8.03. The number of carbonyl (C=O) groups is 3. The summed E-state index contributed by atoms with van der Waals surface area (Å²) in [6.45, 7) is 0. The van der Waals surface area contributed by atoms with E-state index in [1.165, 1.54) is 0 Å². The van der Waals surface area contributed by atoms with Crippen LogP contribution >= 0.6 is 0 Å². The number of amides is 3. The Labute approximate surface area is 150 Å². The summed E-state index contributed by atoms with van der Waals surface area (Å²) in [5.41, 5.74) is 0.398. The van der Waals surface area contributed by atoms with Crippen LogP contribution < -0.4 is 0 Å². The van der Waals surface area contributed by atoms with Crippen molar-refractivity contribution < 1.29 is 14.4 Å².